The molecule has 0 unspecified atom stereocenters. The molecular weight excluding hydrogens is 164 g/mol. The monoisotopic (exact) mass is 180 g/mol. The molecule has 0 amide bonds. The summed E-state index contributed by atoms with van der Waals surface area (Å²) in [5, 5.41) is 9.53. The minimum Gasteiger partial charge on any atom is -0.504 e. The molecule has 2 heteroatoms. The molecular formula is C11H16O2. The summed E-state index contributed by atoms with van der Waals surface area (Å²) in [4.78, 5) is 0. The fourth-order valence-corrected chi connectivity index (χ4v) is 1.16. The van der Waals surface area contributed by atoms with E-state index < -0.39 is 0 Å². The highest BCUT2D eigenvalue weighted by Gasteiger charge is 2.15. The first-order valence-electron chi connectivity index (χ1n) is 4.32. The SMILES string of the molecule is COc1ccc(C(C)(C)C)cc1O. The van der Waals surface area contributed by atoms with Gasteiger partial charge < -0.3 is 9.84 Å². The minimum atomic E-state index is 0.0593. The zero-order chi connectivity index (χ0) is 10.1. The van der Waals surface area contributed by atoms with E-state index in [9.17, 15) is 5.11 Å². The van der Waals surface area contributed by atoms with E-state index in [1.807, 2.05) is 6.07 Å². The van der Waals surface area contributed by atoms with Gasteiger partial charge in [-0.1, -0.05) is 26.8 Å². The van der Waals surface area contributed by atoms with Crippen molar-refractivity contribution in [1.29, 1.82) is 0 Å². The Morgan fingerprint density at radius 2 is 1.85 bits per heavy atom. The predicted octanol–water partition coefficient (Wildman–Crippen LogP) is 2.70. The average molecular weight is 180 g/mol. The maximum atomic E-state index is 9.53. The van der Waals surface area contributed by atoms with Gasteiger partial charge in [0.2, 0.25) is 0 Å². The molecule has 1 aromatic rings. The third-order valence-corrected chi connectivity index (χ3v) is 2.04. The van der Waals surface area contributed by atoms with Crippen LogP contribution in [0.4, 0.5) is 0 Å². The van der Waals surface area contributed by atoms with Crippen LogP contribution in [0, 0.1) is 0 Å². The summed E-state index contributed by atoms with van der Waals surface area (Å²) < 4.78 is 4.96. The minimum absolute atomic E-state index is 0.0593. The highest BCUT2D eigenvalue weighted by molar-refractivity contribution is 5.43. The highest BCUT2D eigenvalue weighted by Crippen LogP contribution is 2.31. The van der Waals surface area contributed by atoms with Crippen molar-refractivity contribution in [1.82, 2.24) is 0 Å². The molecule has 0 heterocycles. The van der Waals surface area contributed by atoms with Crippen LogP contribution in [-0.4, -0.2) is 12.2 Å². The van der Waals surface area contributed by atoms with E-state index >= 15 is 0 Å². The highest BCUT2D eigenvalue weighted by atomic mass is 16.5. The maximum Gasteiger partial charge on any atom is 0.160 e. The van der Waals surface area contributed by atoms with Gasteiger partial charge >= 0.3 is 0 Å². The molecule has 0 atom stereocenters. The second kappa shape index (κ2) is 3.29. The molecule has 0 bridgehead atoms. The lowest BCUT2D eigenvalue weighted by Crippen LogP contribution is -2.10. The molecule has 0 fully saturated rings. The summed E-state index contributed by atoms with van der Waals surface area (Å²) in [5.74, 6) is 0.725. The summed E-state index contributed by atoms with van der Waals surface area (Å²) >= 11 is 0. The normalized spacial score (nSPS) is 11.4. The van der Waals surface area contributed by atoms with Gasteiger partial charge in [-0.25, -0.2) is 0 Å². The van der Waals surface area contributed by atoms with Crippen molar-refractivity contribution in [3.63, 3.8) is 0 Å². The largest absolute Gasteiger partial charge is 0.504 e. The lowest BCUT2D eigenvalue weighted by Gasteiger charge is -2.19. The molecule has 0 aliphatic heterocycles. The Bertz CT molecular complexity index is 297. The fraction of sp³-hybridized carbons (Fsp3) is 0.455. The molecule has 1 aromatic carbocycles. The molecule has 13 heavy (non-hydrogen) atoms. The van der Waals surface area contributed by atoms with Gasteiger partial charge in [-0.05, 0) is 23.1 Å². The van der Waals surface area contributed by atoms with Crippen molar-refractivity contribution in [2.24, 2.45) is 0 Å². The number of methoxy groups -OCH3 is 1. The second-order valence-corrected chi connectivity index (χ2v) is 4.14. The van der Waals surface area contributed by atoms with E-state index in [1.54, 1.807) is 19.2 Å². The van der Waals surface area contributed by atoms with Crippen molar-refractivity contribution >= 4 is 0 Å². The Morgan fingerprint density at radius 3 is 2.23 bits per heavy atom. The van der Waals surface area contributed by atoms with Crippen LogP contribution in [0.3, 0.4) is 0 Å². The van der Waals surface area contributed by atoms with Crippen LogP contribution in [0.1, 0.15) is 26.3 Å². The quantitative estimate of drug-likeness (QED) is 0.720. The van der Waals surface area contributed by atoms with E-state index in [4.69, 9.17) is 4.74 Å². The second-order valence-electron chi connectivity index (χ2n) is 4.14. The Kier molecular flexibility index (Phi) is 2.50. The molecule has 0 spiro atoms. The van der Waals surface area contributed by atoms with E-state index in [0.29, 0.717) is 5.75 Å². The van der Waals surface area contributed by atoms with Gasteiger partial charge in [0.25, 0.3) is 0 Å². The van der Waals surface area contributed by atoms with E-state index in [1.165, 1.54) is 0 Å². The standard InChI is InChI=1S/C11H16O2/c1-11(2,3)8-5-6-10(13-4)9(12)7-8/h5-7,12H,1-4H3. The maximum absolute atomic E-state index is 9.53. The van der Waals surface area contributed by atoms with Gasteiger partial charge in [-0.2, -0.15) is 0 Å². The number of phenolic OH excluding ortho intramolecular Hbond substituents is 1. The van der Waals surface area contributed by atoms with Crippen molar-refractivity contribution in [2.45, 2.75) is 26.2 Å². The number of aromatic hydroxyl groups is 1. The third-order valence-electron chi connectivity index (χ3n) is 2.04. The summed E-state index contributed by atoms with van der Waals surface area (Å²) in [6.45, 7) is 6.32. The summed E-state index contributed by atoms with van der Waals surface area (Å²) in [6, 6.07) is 5.51. The van der Waals surface area contributed by atoms with Crippen LogP contribution >= 0.6 is 0 Å². The number of phenols is 1. The lowest BCUT2D eigenvalue weighted by atomic mass is 9.87. The summed E-state index contributed by atoms with van der Waals surface area (Å²) in [5.41, 5.74) is 1.16. The van der Waals surface area contributed by atoms with Crippen molar-refractivity contribution in [3.05, 3.63) is 23.8 Å². The van der Waals surface area contributed by atoms with Gasteiger partial charge in [0.05, 0.1) is 7.11 Å². The number of ether oxygens (including phenoxy) is 1. The van der Waals surface area contributed by atoms with Crippen LogP contribution in [0.15, 0.2) is 18.2 Å². The predicted molar refractivity (Wildman–Crippen MR) is 53.4 cm³/mol. The van der Waals surface area contributed by atoms with E-state index in [2.05, 4.69) is 20.8 Å². The van der Waals surface area contributed by atoms with Crippen LogP contribution in [0.5, 0.6) is 11.5 Å². The Morgan fingerprint density at radius 1 is 1.23 bits per heavy atom. The molecule has 0 saturated heterocycles. The van der Waals surface area contributed by atoms with Gasteiger partial charge in [-0.3, -0.25) is 0 Å². The zero-order valence-corrected chi connectivity index (χ0v) is 8.59. The van der Waals surface area contributed by atoms with Crippen molar-refractivity contribution in [2.75, 3.05) is 7.11 Å². The first-order valence-corrected chi connectivity index (χ1v) is 4.32. The topological polar surface area (TPSA) is 29.5 Å². The molecule has 1 rings (SSSR count). The number of hydrogen-bond donors (Lipinski definition) is 1. The van der Waals surface area contributed by atoms with Crippen molar-refractivity contribution in [3.8, 4) is 11.5 Å². The molecule has 0 saturated carbocycles. The molecule has 0 aromatic heterocycles. The van der Waals surface area contributed by atoms with Gasteiger partial charge in [0.1, 0.15) is 0 Å². The van der Waals surface area contributed by atoms with Gasteiger partial charge in [-0.15, -0.1) is 0 Å². The van der Waals surface area contributed by atoms with Gasteiger partial charge in [0.15, 0.2) is 11.5 Å². The molecule has 0 radical (unpaired) electrons. The zero-order valence-electron chi connectivity index (χ0n) is 8.59. The Labute approximate surface area is 79.2 Å². The number of hydrogen-bond acceptors (Lipinski definition) is 2. The first-order chi connectivity index (χ1) is 5.95. The third kappa shape index (κ3) is 2.14. The Balaban J connectivity index is 3.10. The molecule has 72 valence electrons. The Hall–Kier alpha value is -1.18. The number of rotatable bonds is 1. The molecule has 0 aliphatic carbocycles. The summed E-state index contributed by atoms with van der Waals surface area (Å²) in [7, 11) is 1.55. The molecule has 0 aliphatic rings. The lowest BCUT2D eigenvalue weighted by molar-refractivity contribution is 0.372. The van der Waals surface area contributed by atoms with Crippen LogP contribution < -0.4 is 4.74 Å². The van der Waals surface area contributed by atoms with Crippen LogP contribution in [0.2, 0.25) is 0 Å². The smallest absolute Gasteiger partial charge is 0.160 e. The molecule has 2 nitrogen and oxygen atoms in total. The summed E-state index contributed by atoms with van der Waals surface area (Å²) in [6.07, 6.45) is 0. The van der Waals surface area contributed by atoms with E-state index in [-0.39, 0.29) is 11.2 Å². The number of benzene rings is 1. The van der Waals surface area contributed by atoms with Crippen LogP contribution in [-0.2, 0) is 5.41 Å². The van der Waals surface area contributed by atoms with Gasteiger partial charge in [0, 0.05) is 0 Å². The van der Waals surface area contributed by atoms with Crippen molar-refractivity contribution < 1.29 is 9.84 Å². The van der Waals surface area contributed by atoms with Crippen LogP contribution in [0.25, 0.3) is 0 Å². The first kappa shape index (κ1) is 9.90. The fourth-order valence-electron chi connectivity index (χ4n) is 1.16. The molecule has 1 N–H and O–H groups in total. The van der Waals surface area contributed by atoms with E-state index in [0.717, 1.165) is 5.56 Å². The average Bonchev–Trinajstić information content (AvgIpc) is 2.02.